The number of H-pyrrole nitrogens is 1. The molecule has 0 aliphatic heterocycles. The maximum Gasteiger partial charge on any atom is 0.338 e. The first kappa shape index (κ1) is 14.8. The van der Waals surface area contributed by atoms with Gasteiger partial charge in [0.05, 0.1) is 16.5 Å². The number of para-hydroxylation sites is 1. The van der Waals surface area contributed by atoms with E-state index in [1.54, 1.807) is 31.2 Å². The highest BCUT2D eigenvalue weighted by molar-refractivity contribution is 5.89. The first-order valence-electron chi connectivity index (χ1n) is 7.03. The van der Waals surface area contributed by atoms with Gasteiger partial charge in [-0.2, -0.15) is 0 Å². The molecule has 2 N–H and O–H groups in total. The number of aromatic amines is 1. The lowest BCUT2D eigenvalue weighted by Crippen LogP contribution is -2.17. The third-order valence-electron chi connectivity index (χ3n) is 3.40. The maximum atomic E-state index is 12.1. The summed E-state index contributed by atoms with van der Waals surface area (Å²) >= 11 is 0. The Morgan fingerprint density at radius 2 is 1.87 bits per heavy atom. The van der Waals surface area contributed by atoms with Crippen LogP contribution in [-0.4, -0.2) is 21.0 Å². The van der Waals surface area contributed by atoms with Gasteiger partial charge < -0.3 is 14.8 Å². The molecule has 116 valence electrons. The Labute approximate surface area is 131 Å². The SMILES string of the molecule is C[C@@H](OC(=O)c1ccc(O)cc1)c1nc2ccccc2c(=O)[nH]1. The minimum absolute atomic E-state index is 0.0649. The van der Waals surface area contributed by atoms with Crippen molar-refractivity contribution in [1.82, 2.24) is 9.97 Å². The summed E-state index contributed by atoms with van der Waals surface area (Å²) in [6.45, 7) is 1.63. The molecular weight excluding hydrogens is 296 g/mol. The number of benzene rings is 2. The predicted octanol–water partition coefficient (Wildman–Crippen LogP) is 2.55. The van der Waals surface area contributed by atoms with Crippen LogP contribution >= 0.6 is 0 Å². The third kappa shape index (κ3) is 3.06. The standard InChI is InChI=1S/C17H14N2O4/c1-10(23-17(22)11-6-8-12(20)9-7-11)15-18-14-5-3-2-4-13(14)16(21)19-15/h2-10,20H,1H3,(H,18,19,21)/t10-/m1/s1. The highest BCUT2D eigenvalue weighted by Crippen LogP contribution is 2.17. The summed E-state index contributed by atoms with van der Waals surface area (Å²) in [5.41, 5.74) is 0.565. The second-order valence-corrected chi connectivity index (χ2v) is 5.06. The lowest BCUT2D eigenvalue weighted by atomic mass is 10.2. The van der Waals surface area contributed by atoms with Gasteiger partial charge in [0.1, 0.15) is 5.75 Å². The molecule has 0 amide bonds. The summed E-state index contributed by atoms with van der Waals surface area (Å²) in [5.74, 6) is -0.218. The van der Waals surface area contributed by atoms with Crippen LogP contribution in [0.3, 0.4) is 0 Å². The molecule has 0 radical (unpaired) electrons. The Hall–Kier alpha value is -3.15. The number of carbonyl (C=O) groups excluding carboxylic acids is 1. The lowest BCUT2D eigenvalue weighted by molar-refractivity contribution is 0.0320. The zero-order valence-corrected chi connectivity index (χ0v) is 12.3. The van der Waals surface area contributed by atoms with E-state index < -0.39 is 12.1 Å². The number of hydrogen-bond acceptors (Lipinski definition) is 5. The van der Waals surface area contributed by atoms with Gasteiger partial charge in [0.2, 0.25) is 0 Å². The van der Waals surface area contributed by atoms with E-state index in [2.05, 4.69) is 9.97 Å². The average molecular weight is 310 g/mol. The smallest absolute Gasteiger partial charge is 0.338 e. The maximum absolute atomic E-state index is 12.1. The molecule has 1 aromatic heterocycles. The van der Waals surface area contributed by atoms with Gasteiger partial charge in [-0.1, -0.05) is 12.1 Å². The molecule has 0 bridgehead atoms. The molecule has 6 heteroatoms. The lowest BCUT2D eigenvalue weighted by Gasteiger charge is -2.13. The van der Waals surface area contributed by atoms with E-state index >= 15 is 0 Å². The van der Waals surface area contributed by atoms with Gasteiger partial charge in [0, 0.05) is 0 Å². The van der Waals surface area contributed by atoms with Gasteiger partial charge in [-0.3, -0.25) is 4.79 Å². The Kier molecular flexibility index (Phi) is 3.80. The van der Waals surface area contributed by atoms with Crippen molar-refractivity contribution in [3.63, 3.8) is 0 Å². The van der Waals surface area contributed by atoms with Crippen LogP contribution in [0.2, 0.25) is 0 Å². The minimum atomic E-state index is -0.714. The number of aromatic hydroxyl groups is 1. The van der Waals surface area contributed by atoms with Crippen molar-refractivity contribution in [1.29, 1.82) is 0 Å². The molecule has 1 atom stereocenters. The first-order chi connectivity index (χ1) is 11.0. The fraction of sp³-hybridized carbons (Fsp3) is 0.118. The van der Waals surface area contributed by atoms with Gasteiger partial charge >= 0.3 is 5.97 Å². The molecule has 3 rings (SSSR count). The summed E-state index contributed by atoms with van der Waals surface area (Å²) in [6.07, 6.45) is -0.714. The minimum Gasteiger partial charge on any atom is -0.508 e. The van der Waals surface area contributed by atoms with E-state index in [4.69, 9.17) is 4.74 Å². The number of aromatic nitrogens is 2. The van der Waals surface area contributed by atoms with Crippen LogP contribution in [0.1, 0.15) is 29.2 Å². The molecule has 3 aromatic rings. The van der Waals surface area contributed by atoms with E-state index in [1.807, 2.05) is 0 Å². The summed E-state index contributed by atoms with van der Waals surface area (Å²) in [4.78, 5) is 31.1. The van der Waals surface area contributed by atoms with Crippen LogP contribution in [0, 0.1) is 0 Å². The van der Waals surface area contributed by atoms with Crippen molar-refractivity contribution in [3.05, 3.63) is 70.3 Å². The van der Waals surface area contributed by atoms with Crippen molar-refractivity contribution in [3.8, 4) is 5.75 Å². The summed E-state index contributed by atoms with van der Waals surface area (Å²) in [6, 6.07) is 12.7. The fourth-order valence-corrected chi connectivity index (χ4v) is 2.18. The van der Waals surface area contributed by atoms with Crippen molar-refractivity contribution in [2.24, 2.45) is 0 Å². The highest BCUT2D eigenvalue weighted by Gasteiger charge is 2.16. The van der Waals surface area contributed by atoms with E-state index in [-0.39, 0.29) is 17.1 Å². The van der Waals surface area contributed by atoms with Crippen LogP contribution in [0.5, 0.6) is 5.75 Å². The van der Waals surface area contributed by atoms with Crippen LogP contribution in [0.15, 0.2) is 53.3 Å². The van der Waals surface area contributed by atoms with Crippen molar-refractivity contribution >= 4 is 16.9 Å². The number of fused-ring (bicyclic) bond motifs is 1. The normalized spacial score (nSPS) is 12.0. The molecular formula is C17H14N2O4. The van der Waals surface area contributed by atoms with Crippen molar-refractivity contribution in [2.75, 3.05) is 0 Å². The molecule has 0 saturated carbocycles. The monoisotopic (exact) mass is 310 g/mol. The number of phenols is 1. The molecule has 0 spiro atoms. The van der Waals surface area contributed by atoms with Gasteiger partial charge in [0.25, 0.3) is 5.56 Å². The molecule has 2 aromatic carbocycles. The Bertz CT molecular complexity index is 916. The van der Waals surface area contributed by atoms with Crippen LogP contribution < -0.4 is 5.56 Å². The van der Waals surface area contributed by atoms with E-state index in [9.17, 15) is 14.7 Å². The van der Waals surface area contributed by atoms with E-state index in [0.29, 0.717) is 16.5 Å². The number of rotatable bonds is 3. The Morgan fingerprint density at radius 1 is 1.17 bits per heavy atom. The molecule has 6 nitrogen and oxygen atoms in total. The quantitative estimate of drug-likeness (QED) is 0.725. The van der Waals surface area contributed by atoms with Crippen LogP contribution in [-0.2, 0) is 4.74 Å². The zero-order valence-electron chi connectivity index (χ0n) is 12.3. The van der Waals surface area contributed by atoms with Crippen LogP contribution in [0.4, 0.5) is 0 Å². The number of hydrogen-bond donors (Lipinski definition) is 2. The molecule has 0 fully saturated rings. The van der Waals surface area contributed by atoms with Gasteiger partial charge in [-0.05, 0) is 43.3 Å². The largest absolute Gasteiger partial charge is 0.508 e. The first-order valence-corrected chi connectivity index (χ1v) is 7.03. The predicted molar refractivity (Wildman–Crippen MR) is 84.3 cm³/mol. The second-order valence-electron chi connectivity index (χ2n) is 5.06. The Balaban J connectivity index is 1.85. The highest BCUT2D eigenvalue weighted by atomic mass is 16.5. The molecule has 1 heterocycles. The van der Waals surface area contributed by atoms with E-state index in [1.165, 1.54) is 24.3 Å². The van der Waals surface area contributed by atoms with Crippen molar-refractivity contribution < 1.29 is 14.6 Å². The van der Waals surface area contributed by atoms with Gasteiger partial charge in [0.15, 0.2) is 11.9 Å². The summed E-state index contributed by atoms with van der Waals surface area (Å²) < 4.78 is 5.31. The number of nitrogens with one attached hydrogen (secondary N) is 1. The summed E-state index contributed by atoms with van der Waals surface area (Å²) in [7, 11) is 0. The number of carbonyl (C=O) groups is 1. The van der Waals surface area contributed by atoms with Gasteiger partial charge in [-0.15, -0.1) is 0 Å². The average Bonchev–Trinajstić information content (AvgIpc) is 2.55. The van der Waals surface area contributed by atoms with Gasteiger partial charge in [-0.25, -0.2) is 9.78 Å². The Morgan fingerprint density at radius 3 is 2.61 bits per heavy atom. The fourth-order valence-electron chi connectivity index (χ4n) is 2.18. The second kappa shape index (κ2) is 5.92. The number of esters is 1. The molecule has 23 heavy (non-hydrogen) atoms. The number of ether oxygens (including phenoxy) is 1. The van der Waals surface area contributed by atoms with E-state index in [0.717, 1.165) is 0 Å². The number of phenolic OH excluding ortho intramolecular Hbond substituents is 1. The molecule has 0 saturated heterocycles. The molecule has 0 aliphatic carbocycles. The molecule has 0 aliphatic rings. The van der Waals surface area contributed by atoms with Crippen molar-refractivity contribution in [2.45, 2.75) is 13.0 Å². The third-order valence-corrected chi connectivity index (χ3v) is 3.40. The topological polar surface area (TPSA) is 92.3 Å². The molecule has 0 unspecified atom stereocenters. The summed E-state index contributed by atoms with van der Waals surface area (Å²) in [5, 5.41) is 9.71. The number of nitrogens with zero attached hydrogens (tertiary/aromatic N) is 1. The zero-order chi connectivity index (χ0) is 16.4. The van der Waals surface area contributed by atoms with Crippen LogP contribution in [0.25, 0.3) is 10.9 Å².